The molecule has 0 aliphatic carbocycles. The van der Waals surface area contributed by atoms with Crippen LogP contribution in [0.1, 0.15) is 5.56 Å². The van der Waals surface area contributed by atoms with E-state index in [0.717, 1.165) is 23.0 Å². The smallest absolute Gasteiger partial charge is 0.124 e. The number of halogens is 2. The van der Waals surface area contributed by atoms with Gasteiger partial charge in [0.25, 0.3) is 0 Å². The van der Waals surface area contributed by atoms with Gasteiger partial charge in [0.15, 0.2) is 0 Å². The molecule has 74 valence electrons. The second-order valence-electron chi connectivity index (χ2n) is 3.38. The normalized spacial score (nSPS) is 20.3. The predicted molar refractivity (Wildman–Crippen MR) is 58.7 cm³/mol. The standard InChI is InChI=1S/C11H11BrFN/c12-11-7-9(13)4-3-8(11)6-10-2-1-5-14-10/h1-4,7,10,14H,5-6H2. The molecule has 1 aromatic carbocycles. The van der Waals surface area contributed by atoms with E-state index < -0.39 is 0 Å². The van der Waals surface area contributed by atoms with Crippen molar-refractivity contribution in [2.75, 3.05) is 6.54 Å². The van der Waals surface area contributed by atoms with Gasteiger partial charge in [0.2, 0.25) is 0 Å². The van der Waals surface area contributed by atoms with Gasteiger partial charge in [0, 0.05) is 17.1 Å². The van der Waals surface area contributed by atoms with Crippen LogP contribution in [0.15, 0.2) is 34.8 Å². The third kappa shape index (κ3) is 2.22. The minimum Gasteiger partial charge on any atom is -0.307 e. The molecule has 1 heterocycles. The second kappa shape index (κ2) is 4.24. The average molecular weight is 256 g/mol. The van der Waals surface area contributed by atoms with Crippen molar-refractivity contribution in [2.24, 2.45) is 0 Å². The van der Waals surface area contributed by atoms with E-state index in [1.807, 2.05) is 6.07 Å². The molecule has 14 heavy (non-hydrogen) atoms. The summed E-state index contributed by atoms with van der Waals surface area (Å²) in [6.07, 6.45) is 5.16. The summed E-state index contributed by atoms with van der Waals surface area (Å²) in [5.74, 6) is -0.199. The van der Waals surface area contributed by atoms with Gasteiger partial charge >= 0.3 is 0 Å². The molecule has 1 aliphatic heterocycles. The lowest BCUT2D eigenvalue weighted by Gasteiger charge is -2.10. The molecule has 1 unspecified atom stereocenters. The Morgan fingerprint density at radius 3 is 3.00 bits per heavy atom. The highest BCUT2D eigenvalue weighted by atomic mass is 79.9. The molecule has 0 radical (unpaired) electrons. The zero-order chi connectivity index (χ0) is 9.97. The summed E-state index contributed by atoms with van der Waals surface area (Å²) in [6.45, 7) is 0.934. The molecule has 0 saturated carbocycles. The van der Waals surface area contributed by atoms with E-state index in [4.69, 9.17) is 0 Å². The number of hydrogen-bond donors (Lipinski definition) is 1. The quantitative estimate of drug-likeness (QED) is 0.802. The lowest BCUT2D eigenvalue weighted by molar-refractivity contribution is 0.622. The summed E-state index contributed by atoms with van der Waals surface area (Å²) in [7, 11) is 0. The van der Waals surface area contributed by atoms with E-state index >= 15 is 0 Å². The monoisotopic (exact) mass is 255 g/mol. The highest BCUT2D eigenvalue weighted by molar-refractivity contribution is 9.10. The van der Waals surface area contributed by atoms with Crippen molar-refractivity contribution in [3.05, 3.63) is 46.2 Å². The molecule has 3 heteroatoms. The van der Waals surface area contributed by atoms with E-state index in [2.05, 4.69) is 33.4 Å². The van der Waals surface area contributed by atoms with Crippen LogP contribution in [0.5, 0.6) is 0 Å². The van der Waals surface area contributed by atoms with Crippen LogP contribution < -0.4 is 5.32 Å². The summed E-state index contributed by atoms with van der Waals surface area (Å²) in [5, 5.41) is 3.32. The first-order valence-corrected chi connectivity index (χ1v) is 5.39. The van der Waals surface area contributed by atoms with Crippen LogP contribution in [0.2, 0.25) is 0 Å². The van der Waals surface area contributed by atoms with Crippen LogP contribution in [0, 0.1) is 5.82 Å². The summed E-state index contributed by atoms with van der Waals surface area (Å²) in [5.41, 5.74) is 1.13. The van der Waals surface area contributed by atoms with E-state index in [0.29, 0.717) is 6.04 Å². The van der Waals surface area contributed by atoms with Crippen LogP contribution >= 0.6 is 15.9 Å². The van der Waals surface area contributed by atoms with Crippen LogP contribution in [0.4, 0.5) is 4.39 Å². The van der Waals surface area contributed by atoms with Crippen LogP contribution in [-0.4, -0.2) is 12.6 Å². The molecule has 1 aromatic rings. The topological polar surface area (TPSA) is 12.0 Å². The molecular formula is C11H11BrFN. The van der Waals surface area contributed by atoms with Crippen molar-refractivity contribution in [2.45, 2.75) is 12.5 Å². The molecule has 1 N–H and O–H groups in total. The number of hydrogen-bond acceptors (Lipinski definition) is 1. The fraction of sp³-hybridized carbons (Fsp3) is 0.273. The molecule has 1 atom stereocenters. The molecule has 2 rings (SSSR count). The first-order valence-electron chi connectivity index (χ1n) is 4.59. The third-order valence-corrected chi connectivity index (χ3v) is 3.06. The molecule has 1 aliphatic rings. The summed E-state index contributed by atoms with van der Waals surface area (Å²) < 4.78 is 13.6. The third-order valence-electron chi connectivity index (χ3n) is 2.32. The molecule has 0 fully saturated rings. The predicted octanol–water partition coefficient (Wildman–Crippen LogP) is 2.66. The number of nitrogens with one attached hydrogen (secondary N) is 1. The van der Waals surface area contributed by atoms with Crippen LogP contribution in [0.3, 0.4) is 0 Å². The molecule has 0 aromatic heterocycles. The Hall–Kier alpha value is -0.670. The zero-order valence-corrected chi connectivity index (χ0v) is 9.22. The van der Waals surface area contributed by atoms with Crippen molar-refractivity contribution in [3.63, 3.8) is 0 Å². The Morgan fingerprint density at radius 1 is 1.50 bits per heavy atom. The van der Waals surface area contributed by atoms with E-state index in [9.17, 15) is 4.39 Å². The van der Waals surface area contributed by atoms with Crippen molar-refractivity contribution in [1.29, 1.82) is 0 Å². The first-order chi connectivity index (χ1) is 6.75. The van der Waals surface area contributed by atoms with Crippen molar-refractivity contribution >= 4 is 15.9 Å². The van der Waals surface area contributed by atoms with Gasteiger partial charge in [-0.25, -0.2) is 4.39 Å². The van der Waals surface area contributed by atoms with E-state index in [-0.39, 0.29) is 5.82 Å². The number of benzene rings is 1. The fourth-order valence-electron chi connectivity index (χ4n) is 1.58. The summed E-state index contributed by atoms with van der Waals surface area (Å²) >= 11 is 3.36. The van der Waals surface area contributed by atoms with Gasteiger partial charge < -0.3 is 5.32 Å². The van der Waals surface area contributed by atoms with E-state index in [1.165, 1.54) is 12.1 Å². The van der Waals surface area contributed by atoms with Gasteiger partial charge in [0.1, 0.15) is 5.82 Å². The average Bonchev–Trinajstić information content (AvgIpc) is 2.62. The maximum absolute atomic E-state index is 12.8. The minimum atomic E-state index is -0.199. The van der Waals surface area contributed by atoms with Gasteiger partial charge in [-0.3, -0.25) is 0 Å². The van der Waals surface area contributed by atoms with Gasteiger partial charge in [-0.05, 0) is 24.1 Å². The molecular weight excluding hydrogens is 245 g/mol. The maximum atomic E-state index is 12.8. The van der Waals surface area contributed by atoms with Gasteiger partial charge in [0.05, 0.1) is 0 Å². The second-order valence-corrected chi connectivity index (χ2v) is 4.24. The van der Waals surface area contributed by atoms with Crippen LogP contribution in [-0.2, 0) is 6.42 Å². The SMILES string of the molecule is Fc1ccc(CC2C=CCN2)c(Br)c1. The lowest BCUT2D eigenvalue weighted by Crippen LogP contribution is -2.24. The largest absolute Gasteiger partial charge is 0.307 e. The van der Waals surface area contributed by atoms with Crippen molar-refractivity contribution < 1.29 is 4.39 Å². The van der Waals surface area contributed by atoms with Gasteiger partial charge in [-0.2, -0.15) is 0 Å². The summed E-state index contributed by atoms with van der Waals surface area (Å²) in [4.78, 5) is 0. The Morgan fingerprint density at radius 2 is 2.36 bits per heavy atom. The Balaban J connectivity index is 2.12. The maximum Gasteiger partial charge on any atom is 0.124 e. The molecule has 0 bridgehead atoms. The lowest BCUT2D eigenvalue weighted by atomic mass is 10.1. The molecule has 1 nitrogen and oxygen atoms in total. The van der Waals surface area contributed by atoms with Gasteiger partial charge in [-0.15, -0.1) is 0 Å². The van der Waals surface area contributed by atoms with Gasteiger partial charge in [-0.1, -0.05) is 34.1 Å². The highest BCUT2D eigenvalue weighted by Crippen LogP contribution is 2.20. The highest BCUT2D eigenvalue weighted by Gasteiger charge is 2.10. The Bertz CT molecular complexity index is 362. The minimum absolute atomic E-state index is 0.199. The molecule has 0 saturated heterocycles. The van der Waals surface area contributed by atoms with Crippen LogP contribution in [0.25, 0.3) is 0 Å². The van der Waals surface area contributed by atoms with Crippen molar-refractivity contribution in [3.8, 4) is 0 Å². The zero-order valence-electron chi connectivity index (χ0n) is 7.63. The summed E-state index contributed by atoms with van der Waals surface area (Å²) in [6, 6.07) is 5.22. The fourth-order valence-corrected chi connectivity index (χ4v) is 2.10. The number of rotatable bonds is 2. The Kier molecular flexibility index (Phi) is 2.99. The Labute approximate surface area is 91.1 Å². The molecule has 0 amide bonds. The first kappa shape index (κ1) is 9.87. The van der Waals surface area contributed by atoms with Crippen molar-refractivity contribution in [1.82, 2.24) is 5.32 Å². The van der Waals surface area contributed by atoms with E-state index in [1.54, 1.807) is 0 Å². The molecule has 0 spiro atoms.